The van der Waals surface area contributed by atoms with Gasteiger partial charge >= 0.3 is 0 Å². The normalized spacial score (nSPS) is 11.1. The van der Waals surface area contributed by atoms with E-state index in [4.69, 9.17) is 5.73 Å². The number of carbonyl (C=O) groups is 1. The molecule has 2 aromatic rings. The number of halogens is 2. The Bertz CT molecular complexity index is 723. The van der Waals surface area contributed by atoms with Crippen molar-refractivity contribution in [2.24, 2.45) is 5.73 Å². The van der Waals surface area contributed by atoms with Crippen molar-refractivity contribution in [2.45, 2.75) is 46.1 Å². The van der Waals surface area contributed by atoms with Gasteiger partial charge in [-0.15, -0.1) is 12.4 Å². The van der Waals surface area contributed by atoms with Gasteiger partial charge < -0.3 is 11.1 Å². The van der Waals surface area contributed by atoms with Gasteiger partial charge in [-0.3, -0.25) is 4.79 Å². The average Bonchev–Trinajstić information content (AvgIpc) is 2.87. The van der Waals surface area contributed by atoms with Crippen LogP contribution in [0.25, 0.3) is 5.69 Å². The highest BCUT2D eigenvalue weighted by Gasteiger charge is 2.24. The standard InChI is InChI=1S/C18H25FN4O.ClH/c1-5-18(20,6-2)11-21-17(24)16-12(3)22-23(13(16)4)15-9-7-14(19)8-10-15;/h7-10H,5-6,11,20H2,1-4H3,(H,21,24);1H. The van der Waals surface area contributed by atoms with E-state index in [1.54, 1.807) is 23.7 Å². The molecule has 3 N–H and O–H groups in total. The SMILES string of the molecule is CCC(N)(CC)CNC(=O)c1c(C)nn(-c2ccc(F)cc2)c1C.Cl. The van der Waals surface area contributed by atoms with Crippen LogP contribution in [0.2, 0.25) is 0 Å². The molecular weight excluding hydrogens is 343 g/mol. The van der Waals surface area contributed by atoms with Gasteiger partial charge in [0.25, 0.3) is 5.91 Å². The number of hydrogen-bond acceptors (Lipinski definition) is 3. The molecule has 7 heteroatoms. The first-order valence-electron chi connectivity index (χ1n) is 8.20. The minimum atomic E-state index is -0.398. The Balaban J connectivity index is 0.00000312. The highest BCUT2D eigenvalue weighted by molar-refractivity contribution is 5.96. The van der Waals surface area contributed by atoms with Gasteiger partial charge in [0.15, 0.2) is 0 Å². The largest absolute Gasteiger partial charge is 0.350 e. The Morgan fingerprint density at radius 1 is 1.24 bits per heavy atom. The van der Waals surface area contributed by atoms with Crippen LogP contribution < -0.4 is 11.1 Å². The van der Waals surface area contributed by atoms with E-state index < -0.39 is 5.54 Å². The summed E-state index contributed by atoms with van der Waals surface area (Å²) in [6, 6.07) is 6.01. The first kappa shape index (κ1) is 21.1. The van der Waals surface area contributed by atoms with Crippen molar-refractivity contribution in [1.82, 2.24) is 15.1 Å². The van der Waals surface area contributed by atoms with Crippen molar-refractivity contribution in [3.8, 4) is 5.69 Å². The summed E-state index contributed by atoms with van der Waals surface area (Å²) in [5.41, 5.74) is 8.43. The van der Waals surface area contributed by atoms with Gasteiger partial charge in [0.05, 0.1) is 22.6 Å². The number of amides is 1. The zero-order valence-corrected chi connectivity index (χ0v) is 15.9. The van der Waals surface area contributed by atoms with Gasteiger partial charge in [-0.25, -0.2) is 9.07 Å². The van der Waals surface area contributed by atoms with Crippen LogP contribution in [0, 0.1) is 19.7 Å². The summed E-state index contributed by atoms with van der Waals surface area (Å²) in [5, 5.41) is 7.34. The van der Waals surface area contributed by atoms with E-state index in [0.717, 1.165) is 12.8 Å². The molecule has 0 saturated carbocycles. The van der Waals surface area contributed by atoms with Crippen LogP contribution in [0.5, 0.6) is 0 Å². The molecule has 1 amide bonds. The van der Waals surface area contributed by atoms with E-state index in [2.05, 4.69) is 10.4 Å². The number of hydrogen-bond donors (Lipinski definition) is 2. The number of benzene rings is 1. The Morgan fingerprint density at radius 3 is 2.32 bits per heavy atom. The van der Waals surface area contributed by atoms with E-state index >= 15 is 0 Å². The number of nitrogens with one attached hydrogen (secondary N) is 1. The third-order valence-electron chi connectivity index (χ3n) is 4.60. The Kier molecular flexibility index (Phi) is 7.14. The van der Waals surface area contributed by atoms with Gasteiger partial charge in [-0.2, -0.15) is 5.10 Å². The molecule has 25 heavy (non-hydrogen) atoms. The fourth-order valence-electron chi connectivity index (χ4n) is 2.65. The summed E-state index contributed by atoms with van der Waals surface area (Å²) < 4.78 is 14.7. The lowest BCUT2D eigenvalue weighted by molar-refractivity contribution is 0.0941. The van der Waals surface area contributed by atoms with E-state index in [-0.39, 0.29) is 24.1 Å². The van der Waals surface area contributed by atoms with E-state index in [1.165, 1.54) is 12.1 Å². The second-order valence-electron chi connectivity index (χ2n) is 6.19. The minimum absolute atomic E-state index is 0. The molecule has 1 heterocycles. The molecule has 2 rings (SSSR count). The fourth-order valence-corrected chi connectivity index (χ4v) is 2.65. The summed E-state index contributed by atoms with van der Waals surface area (Å²) >= 11 is 0. The van der Waals surface area contributed by atoms with Gasteiger partial charge in [-0.1, -0.05) is 13.8 Å². The molecule has 0 bridgehead atoms. The number of nitrogens with two attached hydrogens (primary N) is 1. The molecule has 0 aliphatic heterocycles. The lowest BCUT2D eigenvalue weighted by Crippen LogP contribution is -2.49. The molecule has 1 aromatic heterocycles. The van der Waals surface area contributed by atoms with Crippen LogP contribution in [0.3, 0.4) is 0 Å². The second-order valence-corrected chi connectivity index (χ2v) is 6.19. The highest BCUT2D eigenvalue weighted by atomic mass is 35.5. The first-order chi connectivity index (χ1) is 11.3. The van der Waals surface area contributed by atoms with Crippen molar-refractivity contribution in [3.05, 3.63) is 47.0 Å². The number of aryl methyl sites for hydroxylation is 1. The Hall–Kier alpha value is -1.92. The van der Waals surface area contributed by atoms with Crippen molar-refractivity contribution in [3.63, 3.8) is 0 Å². The van der Waals surface area contributed by atoms with Crippen molar-refractivity contribution in [1.29, 1.82) is 0 Å². The number of aromatic nitrogens is 2. The van der Waals surface area contributed by atoms with Gasteiger partial charge in [0.1, 0.15) is 5.82 Å². The van der Waals surface area contributed by atoms with E-state index in [0.29, 0.717) is 29.2 Å². The van der Waals surface area contributed by atoms with E-state index in [1.807, 2.05) is 20.8 Å². The molecule has 0 radical (unpaired) electrons. The van der Waals surface area contributed by atoms with Crippen molar-refractivity contribution in [2.75, 3.05) is 6.54 Å². The predicted molar refractivity (Wildman–Crippen MR) is 100 cm³/mol. The zero-order chi connectivity index (χ0) is 17.9. The molecule has 1 aromatic carbocycles. The molecule has 138 valence electrons. The summed E-state index contributed by atoms with van der Waals surface area (Å²) in [7, 11) is 0. The maximum absolute atomic E-state index is 13.1. The van der Waals surface area contributed by atoms with Crippen molar-refractivity contribution < 1.29 is 9.18 Å². The maximum Gasteiger partial charge on any atom is 0.255 e. The summed E-state index contributed by atoms with van der Waals surface area (Å²) in [5.74, 6) is -0.494. The average molecular weight is 369 g/mol. The topological polar surface area (TPSA) is 72.9 Å². The molecule has 5 nitrogen and oxygen atoms in total. The summed E-state index contributed by atoms with van der Waals surface area (Å²) in [4.78, 5) is 12.6. The molecule has 0 aliphatic carbocycles. The quantitative estimate of drug-likeness (QED) is 0.821. The summed E-state index contributed by atoms with van der Waals surface area (Å²) in [6.45, 7) is 8.06. The van der Waals surface area contributed by atoms with Crippen LogP contribution >= 0.6 is 12.4 Å². The molecule has 0 aliphatic rings. The Morgan fingerprint density at radius 2 is 1.80 bits per heavy atom. The summed E-state index contributed by atoms with van der Waals surface area (Å²) in [6.07, 6.45) is 1.58. The van der Waals surface area contributed by atoms with Gasteiger partial charge in [0.2, 0.25) is 0 Å². The smallest absolute Gasteiger partial charge is 0.255 e. The maximum atomic E-state index is 13.1. The third-order valence-corrected chi connectivity index (χ3v) is 4.60. The van der Waals surface area contributed by atoms with Crippen LogP contribution in [0.1, 0.15) is 48.4 Å². The van der Waals surface area contributed by atoms with E-state index in [9.17, 15) is 9.18 Å². The molecular formula is C18H26ClFN4O. The number of nitrogens with zero attached hydrogens (tertiary/aromatic N) is 2. The first-order valence-corrected chi connectivity index (χ1v) is 8.20. The highest BCUT2D eigenvalue weighted by Crippen LogP contribution is 2.19. The lowest BCUT2D eigenvalue weighted by atomic mass is 9.94. The molecule has 0 fully saturated rings. The number of rotatable bonds is 6. The Labute approximate surface area is 154 Å². The van der Waals surface area contributed by atoms with Gasteiger partial charge in [-0.05, 0) is 51.0 Å². The van der Waals surface area contributed by atoms with Crippen LogP contribution in [0.15, 0.2) is 24.3 Å². The van der Waals surface area contributed by atoms with Crippen molar-refractivity contribution >= 4 is 18.3 Å². The van der Waals surface area contributed by atoms with Crippen LogP contribution in [-0.2, 0) is 0 Å². The predicted octanol–water partition coefficient (Wildman–Crippen LogP) is 3.30. The van der Waals surface area contributed by atoms with Gasteiger partial charge in [0, 0.05) is 12.1 Å². The molecule has 0 saturated heterocycles. The third kappa shape index (κ3) is 4.58. The second kappa shape index (κ2) is 8.45. The fraction of sp³-hybridized carbons (Fsp3) is 0.444. The van der Waals surface area contributed by atoms with Crippen LogP contribution in [-0.4, -0.2) is 27.8 Å². The lowest BCUT2D eigenvalue weighted by Gasteiger charge is -2.26. The molecule has 0 atom stereocenters. The monoisotopic (exact) mass is 368 g/mol. The zero-order valence-electron chi connectivity index (χ0n) is 15.1. The minimum Gasteiger partial charge on any atom is -0.350 e. The molecule has 0 spiro atoms. The molecule has 0 unspecified atom stereocenters. The number of carbonyl (C=O) groups excluding carboxylic acids is 1. The van der Waals surface area contributed by atoms with Crippen LogP contribution in [0.4, 0.5) is 4.39 Å².